The van der Waals surface area contributed by atoms with Crippen molar-refractivity contribution in [1.29, 1.82) is 0 Å². The van der Waals surface area contributed by atoms with Crippen LogP contribution in [0.2, 0.25) is 0 Å². The minimum Gasteiger partial charge on any atom is -0.303 e. The molecule has 0 bridgehead atoms. The summed E-state index contributed by atoms with van der Waals surface area (Å²) < 4.78 is 2.36. The Bertz CT molecular complexity index is 680. The molecule has 25 heavy (non-hydrogen) atoms. The van der Waals surface area contributed by atoms with Crippen molar-refractivity contribution >= 4 is 11.8 Å². The molecule has 1 saturated heterocycles. The van der Waals surface area contributed by atoms with Crippen LogP contribution in [0, 0.1) is 0 Å². The van der Waals surface area contributed by atoms with Crippen LogP contribution in [0.3, 0.4) is 0 Å². The average Bonchev–Trinajstić information content (AvgIpc) is 3.41. The molecule has 2 fully saturated rings. The van der Waals surface area contributed by atoms with E-state index < -0.39 is 0 Å². The molecule has 1 aromatic heterocycles. The Kier molecular flexibility index (Phi) is 5.42. The lowest BCUT2D eigenvalue weighted by atomic mass is 10.0. The van der Waals surface area contributed by atoms with Crippen LogP contribution in [0.1, 0.15) is 55.8 Å². The highest BCUT2D eigenvalue weighted by Crippen LogP contribution is 2.40. The van der Waals surface area contributed by atoms with Gasteiger partial charge in [0.1, 0.15) is 5.82 Å². The van der Waals surface area contributed by atoms with Crippen LogP contribution >= 0.6 is 11.8 Å². The predicted octanol–water partition coefficient (Wildman–Crippen LogP) is 4.17. The van der Waals surface area contributed by atoms with Gasteiger partial charge in [0.2, 0.25) is 0 Å². The SMILES string of the molecule is CN1CCCCC1CCSc1nnc(C2CC2)n1Cc1ccccc1. The van der Waals surface area contributed by atoms with E-state index in [1.54, 1.807) is 0 Å². The van der Waals surface area contributed by atoms with Gasteiger partial charge in [-0.05, 0) is 51.3 Å². The third-order valence-corrected chi connectivity index (χ3v) is 6.48. The maximum absolute atomic E-state index is 4.54. The Morgan fingerprint density at radius 1 is 1.08 bits per heavy atom. The van der Waals surface area contributed by atoms with Gasteiger partial charge in [0, 0.05) is 17.7 Å². The fourth-order valence-electron chi connectivity index (χ4n) is 3.76. The van der Waals surface area contributed by atoms with Crippen molar-refractivity contribution in [3.05, 3.63) is 41.7 Å². The number of hydrogen-bond donors (Lipinski definition) is 0. The van der Waals surface area contributed by atoms with E-state index in [9.17, 15) is 0 Å². The Morgan fingerprint density at radius 2 is 1.92 bits per heavy atom. The van der Waals surface area contributed by atoms with Crippen LogP contribution < -0.4 is 0 Å². The number of piperidine rings is 1. The van der Waals surface area contributed by atoms with Gasteiger partial charge in [-0.2, -0.15) is 0 Å². The van der Waals surface area contributed by atoms with Crippen molar-refractivity contribution in [3.8, 4) is 0 Å². The molecule has 1 saturated carbocycles. The Hall–Kier alpha value is -1.33. The summed E-state index contributed by atoms with van der Waals surface area (Å²) in [5.41, 5.74) is 1.33. The molecule has 4 nitrogen and oxygen atoms in total. The van der Waals surface area contributed by atoms with Crippen molar-refractivity contribution in [1.82, 2.24) is 19.7 Å². The fourth-order valence-corrected chi connectivity index (χ4v) is 4.75. The van der Waals surface area contributed by atoms with Gasteiger partial charge in [-0.15, -0.1) is 10.2 Å². The molecule has 4 rings (SSSR count). The first-order valence-corrected chi connectivity index (χ1v) is 10.6. The van der Waals surface area contributed by atoms with Crippen molar-refractivity contribution < 1.29 is 0 Å². The van der Waals surface area contributed by atoms with Gasteiger partial charge in [-0.3, -0.25) is 0 Å². The first-order chi connectivity index (χ1) is 12.3. The zero-order chi connectivity index (χ0) is 17.1. The van der Waals surface area contributed by atoms with Gasteiger partial charge in [0.05, 0.1) is 6.54 Å². The molecular formula is C20H28N4S. The molecule has 2 aromatic rings. The predicted molar refractivity (Wildman–Crippen MR) is 103 cm³/mol. The molecule has 1 atom stereocenters. The summed E-state index contributed by atoms with van der Waals surface area (Å²) in [6, 6.07) is 11.4. The van der Waals surface area contributed by atoms with E-state index in [0.29, 0.717) is 5.92 Å². The molecular weight excluding hydrogens is 328 g/mol. The monoisotopic (exact) mass is 356 g/mol. The highest BCUT2D eigenvalue weighted by atomic mass is 32.2. The third kappa shape index (κ3) is 4.26. The second-order valence-electron chi connectivity index (χ2n) is 7.45. The second-order valence-corrected chi connectivity index (χ2v) is 8.52. The lowest BCUT2D eigenvalue weighted by Gasteiger charge is -2.32. The molecule has 2 heterocycles. The molecule has 134 valence electrons. The summed E-state index contributed by atoms with van der Waals surface area (Å²) in [6.45, 7) is 2.15. The maximum Gasteiger partial charge on any atom is 0.191 e. The number of benzene rings is 1. The normalized spacial score (nSPS) is 21.6. The van der Waals surface area contributed by atoms with E-state index in [1.165, 1.54) is 56.5 Å². The molecule has 1 aromatic carbocycles. The number of thioether (sulfide) groups is 1. The van der Waals surface area contributed by atoms with Gasteiger partial charge in [0.25, 0.3) is 0 Å². The van der Waals surface area contributed by atoms with E-state index in [1.807, 2.05) is 11.8 Å². The maximum atomic E-state index is 4.54. The van der Waals surface area contributed by atoms with E-state index >= 15 is 0 Å². The van der Waals surface area contributed by atoms with Crippen LogP contribution in [0.25, 0.3) is 0 Å². The molecule has 1 unspecified atom stereocenters. The molecule has 0 amide bonds. The standard InChI is InChI=1S/C20H28N4S/c1-23-13-6-5-9-18(23)12-14-25-20-22-21-19(17-10-11-17)24(20)15-16-7-3-2-4-8-16/h2-4,7-8,17-18H,5-6,9-15H2,1H3. The quantitative estimate of drug-likeness (QED) is 0.697. The third-order valence-electron chi connectivity index (χ3n) is 5.48. The molecule has 5 heteroatoms. The van der Waals surface area contributed by atoms with Gasteiger partial charge >= 0.3 is 0 Å². The van der Waals surface area contributed by atoms with Crippen molar-refractivity contribution in [2.75, 3.05) is 19.3 Å². The largest absolute Gasteiger partial charge is 0.303 e. The average molecular weight is 357 g/mol. The first kappa shape index (κ1) is 17.1. The number of rotatable bonds is 7. The minimum atomic E-state index is 0.634. The number of hydrogen-bond acceptors (Lipinski definition) is 4. The molecule has 2 aliphatic rings. The fraction of sp³-hybridized carbons (Fsp3) is 0.600. The second kappa shape index (κ2) is 7.92. The summed E-state index contributed by atoms with van der Waals surface area (Å²) in [5.74, 6) is 2.96. The summed E-state index contributed by atoms with van der Waals surface area (Å²) in [6.07, 6.45) is 7.88. The minimum absolute atomic E-state index is 0.634. The summed E-state index contributed by atoms with van der Waals surface area (Å²) in [7, 11) is 2.28. The van der Waals surface area contributed by atoms with Crippen molar-refractivity contribution in [2.45, 2.75) is 62.2 Å². The molecule has 0 N–H and O–H groups in total. The van der Waals surface area contributed by atoms with E-state index in [0.717, 1.165) is 23.5 Å². The number of nitrogens with zero attached hydrogens (tertiary/aromatic N) is 4. The summed E-state index contributed by atoms with van der Waals surface area (Å²) in [5, 5.41) is 10.2. The number of likely N-dealkylation sites (tertiary alicyclic amines) is 1. The van der Waals surface area contributed by atoms with Crippen LogP contribution in [0.4, 0.5) is 0 Å². The first-order valence-electron chi connectivity index (χ1n) is 9.61. The van der Waals surface area contributed by atoms with Crippen LogP contribution in [-0.4, -0.2) is 45.1 Å². The van der Waals surface area contributed by atoms with Crippen LogP contribution in [0.5, 0.6) is 0 Å². The smallest absolute Gasteiger partial charge is 0.191 e. The Balaban J connectivity index is 1.42. The highest BCUT2D eigenvalue weighted by Gasteiger charge is 2.30. The highest BCUT2D eigenvalue weighted by molar-refractivity contribution is 7.99. The van der Waals surface area contributed by atoms with E-state index in [-0.39, 0.29) is 0 Å². The molecule has 1 aliphatic carbocycles. The van der Waals surface area contributed by atoms with Gasteiger partial charge < -0.3 is 9.47 Å². The zero-order valence-electron chi connectivity index (χ0n) is 15.1. The van der Waals surface area contributed by atoms with Crippen LogP contribution in [0.15, 0.2) is 35.5 Å². The lowest BCUT2D eigenvalue weighted by molar-refractivity contribution is 0.182. The number of aromatic nitrogens is 3. The lowest BCUT2D eigenvalue weighted by Crippen LogP contribution is -2.36. The van der Waals surface area contributed by atoms with E-state index in [4.69, 9.17) is 0 Å². The van der Waals surface area contributed by atoms with Gasteiger partial charge in [0.15, 0.2) is 5.16 Å². The topological polar surface area (TPSA) is 34.0 Å². The van der Waals surface area contributed by atoms with E-state index in [2.05, 4.69) is 57.0 Å². The van der Waals surface area contributed by atoms with Crippen molar-refractivity contribution in [2.24, 2.45) is 0 Å². The molecule has 1 aliphatic heterocycles. The Morgan fingerprint density at radius 3 is 2.68 bits per heavy atom. The van der Waals surface area contributed by atoms with Gasteiger partial charge in [-0.25, -0.2) is 0 Å². The van der Waals surface area contributed by atoms with Gasteiger partial charge in [-0.1, -0.05) is 48.5 Å². The van der Waals surface area contributed by atoms with Crippen molar-refractivity contribution in [3.63, 3.8) is 0 Å². The summed E-state index contributed by atoms with van der Waals surface area (Å²) in [4.78, 5) is 2.54. The molecule has 0 spiro atoms. The zero-order valence-corrected chi connectivity index (χ0v) is 15.9. The Labute approximate surface area is 155 Å². The van der Waals surface area contributed by atoms with Crippen LogP contribution in [-0.2, 0) is 6.54 Å². The summed E-state index contributed by atoms with van der Waals surface area (Å²) >= 11 is 1.89. The molecule has 0 radical (unpaired) electrons.